The number of halogens is 3. The Balaban J connectivity index is 1.59. The number of hydrogen-bond donors (Lipinski definition) is 2. The number of pyridine rings is 1. The largest absolute Gasteiger partial charge is 0.501 e. The van der Waals surface area contributed by atoms with Gasteiger partial charge < -0.3 is 5.11 Å². The molecule has 0 unspecified atom stereocenters. The van der Waals surface area contributed by atoms with Crippen molar-refractivity contribution in [3.05, 3.63) is 100 Å². The minimum atomic E-state index is -5.58. The van der Waals surface area contributed by atoms with Gasteiger partial charge in [-0.05, 0) is 54.4 Å². The van der Waals surface area contributed by atoms with Crippen molar-refractivity contribution in [3.63, 3.8) is 0 Å². The van der Waals surface area contributed by atoms with Gasteiger partial charge in [-0.3, -0.25) is 9.29 Å². The Bertz CT molecular complexity index is 1780. The Hall–Kier alpha value is -4.11. The molecule has 0 saturated heterocycles. The van der Waals surface area contributed by atoms with E-state index in [4.69, 9.17) is 0 Å². The quantitative estimate of drug-likeness (QED) is 0.325. The molecule has 0 radical (unpaired) electrons. The molecule has 2 aromatic heterocycles. The third kappa shape index (κ3) is 5.83. The van der Waals surface area contributed by atoms with Crippen LogP contribution in [0.15, 0.2) is 82.6 Å². The maximum absolute atomic E-state index is 13.1. The van der Waals surface area contributed by atoms with Gasteiger partial charge in [-0.2, -0.15) is 13.2 Å². The van der Waals surface area contributed by atoms with E-state index < -0.39 is 41.8 Å². The molecule has 0 atom stereocenters. The summed E-state index contributed by atoms with van der Waals surface area (Å²) in [4.78, 5) is 16.1. The highest BCUT2D eigenvalue weighted by molar-refractivity contribution is 7.92. The number of rotatable bonds is 8. The highest BCUT2D eigenvalue weighted by atomic mass is 32.2. The average Bonchev–Trinajstić information content (AvgIpc) is 3.06. The zero-order valence-electron chi connectivity index (χ0n) is 20.1. The second-order valence-corrected chi connectivity index (χ2v) is 12.1. The van der Waals surface area contributed by atoms with Gasteiger partial charge in [0.2, 0.25) is 15.9 Å². The molecule has 0 amide bonds. The average molecular weight is 583 g/mol. The highest BCUT2D eigenvalue weighted by Gasteiger charge is 2.46. The minimum Gasteiger partial charge on any atom is -0.493 e. The Morgan fingerprint density at radius 1 is 0.949 bits per heavy atom. The van der Waals surface area contributed by atoms with Crippen LogP contribution in [0.25, 0.3) is 5.69 Å². The Morgan fingerprint density at radius 3 is 2.21 bits per heavy atom. The van der Waals surface area contributed by atoms with Crippen molar-refractivity contribution in [3.8, 4) is 11.6 Å². The van der Waals surface area contributed by atoms with Crippen molar-refractivity contribution >= 4 is 25.7 Å². The molecule has 4 rings (SSSR count). The fraction of sp³-hybridized carbons (Fsp3) is 0.167. The van der Waals surface area contributed by atoms with Crippen LogP contribution in [0.3, 0.4) is 0 Å². The standard InChI is InChI=1S/C24H21F3N4O6S2/c1-16-22(32)31(19-7-9-20(10-8-19)39(36,37)24(25,26)27)23(33)30(16)14-18-11-12-28-21(13-18)29-38(34,35)15-17-5-3-2-4-6-17/h2-13,32H,14-15H2,1H3,(H,28,29). The number of imidazole rings is 1. The van der Waals surface area contributed by atoms with Crippen LogP contribution in [-0.2, 0) is 32.2 Å². The number of aromatic nitrogens is 3. The first-order chi connectivity index (χ1) is 18.2. The Labute approximate surface area is 221 Å². The fourth-order valence-corrected chi connectivity index (χ4v) is 5.66. The number of nitrogens with one attached hydrogen (secondary N) is 1. The lowest BCUT2D eigenvalue weighted by atomic mass is 10.2. The maximum atomic E-state index is 13.1. The fourth-order valence-electron chi connectivity index (χ4n) is 3.76. The second kappa shape index (κ2) is 10.2. The summed E-state index contributed by atoms with van der Waals surface area (Å²) < 4.78 is 91.1. The predicted molar refractivity (Wildman–Crippen MR) is 136 cm³/mol. The van der Waals surface area contributed by atoms with Crippen LogP contribution in [0.1, 0.15) is 16.8 Å². The predicted octanol–water partition coefficient (Wildman–Crippen LogP) is 3.33. The lowest BCUT2D eigenvalue weighted by molar-refractivity contribution is -0.0436. The third-order valence-electron chi connectivity index (χ3n) is 5.70. The first kappa shape index (κ1) is 27.9. The van der Waals surface area contributed by atoms with E-state index >= 15 is 0 Å². The monoisotopic (exact) mass is 582 g/mol. The summed E-state index contributed by atoms with van der Waals surface area (Å²) in [5, 5.41) is 10.6. The van der Waals surface area contributed by atoms with Crippen molar-refractivity contribution in [2.75, 3.05) is 4.72 Å². The van der Waals surface area contributed by atoms with Gasteiger partial charge in [-0.1, -0.05) is 30.3 Å². The number of nitrogens with zero attached hydrogens (tertiary/aromatic N) is 3. The molecule has 39 heavy (non-hydrogen) atoms. The Kier molecular flexibility index (Phi) is 7.32. The molecule has 0 fully saturated rings. The summed E-state index contributed by atoms with van der Waals surface area (Å²) in [5.74, 6) is -0.776. The summed E-state index contributed by atoms with van der Waals surface area (Å²) in [5.41, 5.74) is -5.19. The maximum Gasteiger partial charge on any atom is 0.501 e. The van der Waals surface area contributed by atoms with Gasteiger partial charge in [0, 0.05) is 6.20 Å². The zero-order valence-corrected chi connectivity index (χ0v) is 21.8. The highest BCUT2D eigenvalue weighted by Crippen LogP contribution is 2.31. The van der Waals surface area contributed by atoms with Crippen LogP contribution in [-0.4, -0.2) is 41.6 Å². The van der Waals surface area contributed by atoms with Crippen LogP contribution in [0.4, 0.5) is 19.0 Å². The van der Waals surface area contributed by atoms with Gasteiger partial charge in [0.1, 0.15) is 5.82 Å². The van der Waals surface area contributed by atoms with E-state index in [0.29, 0.717) is 23.3 Å². The number of anilines is 1. The lowest BCUT2D eigenvalue weighted by Gasteiger charge is -2.10. The van der Waals surface area contributed by atoms with Gasteiger partial charge >= 0.3 is 11.2 Å². The number of benzene rings is 2. The Morgan fingerprint density at radius 2 is 1.59 bits per heavy atom. The van der Waals surface area contributed by atoms with Crippen LogP contribution in [0, 0.1) is 6.92 Å². The summed E-state index contributed by atoms with van der Waals surface area (Å²) in [6, 6.07) is 14.8. The van der Waals surface area contributed by atoms with Crippen LogP contribution in [0.5, 0.6) is 5.88 Å². The van der Waals surface area contributed by atoms with E-state index in [0.717, 1.165) is 21.3 Å². The number of alkyl halides is 3. The first-order valence-electron chi connectivity index (χ1n) is 11.1. The van der Waals surface area contributed by atoms with E-state index in [1.165, 1.54) is 25.3 Å². The molecule has 10 nitrogen and oxygen atoms in total. The van der Waals surface area contributed by atoms with Crippen molar-refractivity contribution in [1.82, 2.24) is 14.1 Å². The summed E-state index contributed by atoms with van der Waals surface area (Å²) in [6.45, 7) is 1.32. The number of sulfone groups is 1. The molecule has 4 aromatic rings. The van der Waals surface area contributed by atoms with Crippen molar-refractivity contribution < 1.29 is 35.1 Å². The number of aromatic hydroxyl groups is 1. The molecule has 0 aliphatic carbocycles. The molecule has 15 heteroatoms. The second-order valence-electron chi connectivity index (χ2n) is 8.45. The zero-order chi connectivity index (χ0) is 28.6. The molecule has 2 heterocycles. The molecular weight excluding hydrogens is 561 g/mol. The van der Waals surface area contributed by atoms with E-state index in [2.05, 4.69) is 9.71 Å². The van der Waals surface area contributed by atoms with E-state index in [1.807, 2.05) is 0 Å². The van der Waals surface area contributed by atoms with Gasteiger partial charge in [0.05, 0.1) is 28.6 Å². The molecule has 0 spiro atoms. The number of hydrogen-bond acceptors (Lipinski definition) is 7. The molecular formula is C24H21F3N4O6S2. The molecule has 2 aromatic carbocycles. The molecule has 0 saturated carbocycles. The summed E-state index contributed by atoms with van der Waals surface area (Å²) in [6.07, 6.45) is 1.34. The van der Waals surface area contributed by atoms with Gasteiger partial charge in [-0.15, -0.1) is 0 Å². The van der Waals surface area contributed by atoms with Crippen molar-refractivity contribution in [2.24, 2.45) is 0 Å². The molecule has 0 bridgehead atoms. The molecule has 206 valence electrons. The van der Waals surface area contributed by atoms with E-state index in [-0.39, 0.29) is 29.5 Å². The van der Waals surface area contributed by atoms with E-state index in [1.54, 1.807) is 30.3 Å². The normalized spacial score (nSPS) is 12.4. The van der Waals surface area contributed by atoms with Gasteiger partial charge in [-0.25, -0.2) is 31.2 Å². The molecule has 0 aliphatic rings. The third-order valence-corrected chi connectivity index (χ3v) is 8.43. The van der Waals surface area contributed by atoms with Crippen LogP contribution >= 0.6 is 0 Å². The number of sulfonamides is 1. The van der Waals surface area contributed by atoms with Gasteiger partial charge in [0.25, 0.3) is 9.84 Å². The molecule has 2 N–H and O–H groups in total. The summed E-state index contributed by atoms with van der Waals surface area (Å²) in [7, 11) is -9.38. The van der Waals surface area contributed by atoms with E-state index in [9.17, 15) is 39.9 Å². The van der Waals surface area contributed by atoms with Crippen molar-refractivity contribution in [2.45, 2.75) is 29.6 Å². The SMILES string of the molecule is Cc1c(O)n(-c2ccc(S(=O)(=O)C(F)(F)F)cc2)c(=O)n1Cc1ccnc(NS(=O)(=O)Cc2ccccc2)c1. The van der Waals surface area contributed by atoms with Crippen molar-refractivity contribution in [1.29, 1.82) is 0 Å². The lowest BCUT2D eigenvalue weighted by Crippen LogP contribution is -2.25. The van der Waals surface area contributed by atoms with Crippen LogP contribution < -0.4 is 10.4 Å². The molecule has 0 aliphatic heterocycles. The first-order valence-corrected chi connectivity index (χ1v) is 14.3. The van der Waals surface area contributed by atoms with Crippen LogP contribution in [0.2, 0.25) is 0 Å². The minimum absolute atomic E-state index is 0.0132. The van der Waals surface area contributed by atoms with Gasteiger partial charge in [0.15, 0.2) is 0 Å². The topological polar surface area (TPSA) is 140 Å². The smallest absolute Gasteiger partial charge is 0.493 e. The summed E-state index contributed by atoms with van der Waals surface area (Å²) >= 11 is 0.